The maximum absolute atomic E-state index is 9.17. The Bertz CT molecular complexity index is 2340. The molecule has 43 heavy (non-hydrogen) atoms. The van der Waals surface area contributed by atoms with Crippen LogP contribution in [0, 0.1) is 17.9 Å². The van der Waals surface area contributed by atoms with E-state index in [4.69, 9.17) is 11.8 Å². The van der Waals surface area contributed by atoms with E-state index in [9.17, 15) is 0 Å². The number of fused-ring (bicyclic) bond motifs is 5. The Labute approximate surface area is 249 Å². The Morgan fingerprint density at radius 1 is 0.628 bits per heavy atom. The second kappa shape index (κ2) is 9.74. The van der Waals surface area contributed by atoms with Crippen LogP contribution in [0.25, 0.3) is 65.5 Å². The summed E-state index contributed by atoms with van der Waals surface area (Å²) in [5, 5.41) is 16.5. The monoisotopic (exact) mass is 545 g/mol. The van der Waals surface area contributed by atoms with Crippen LogP contribution in [-0.2, 0) is 0 Å². The van der Waals surface area contributed by atoms with Crippen LogP contribution in [0.2, 0.25) is 0 Å². The molecule has 7 aromatic carbocycles. The van der Waals surface area contributed by atoms with Crippen molar-refractivity contribution in [2.24, 2.45) is 0 Å². The van der Waals surface area contributed by atoms with Gasteiger partial charge < -0.3 is 4.90 Å². The molecule has 0 amide bonds. The molecule has 0 aliphatic carbocycles. The molecule has 8 rings (SSSR count). The predicted octanol–water partition coefficient (Wildman–Crippen LogP) is 11.0. The fraction of sp³-hybridized carbons (Fsp3) is 0. The Balaban J connectivity index is 1.40. The number of allylic oxidation sites excluding steroid dienone is 1. The first-order valence-electron chi connectivity index (χ1n) is 14.2. The van der Waals surface area contributed by atoms with Crippen molar-refractivity contribution in [3.05, 3.63) is 156 Å². The molecule has 7 aromatic rings. The topological polar surface area (TPSA) is 31.4 Å². The lowest BCUT2D eigenvalue weighted by Gasteiger charge is -2.34. The molecule has 0 saturated carbocycles. The quantitative estimate of drug-likeness (QED) is 0.126. The Morgan fingerprint density at radius 3 is 2.21 bits per heavy atom. The maximum Gasteiger partial charge on any atom is 0.262 e. The number of nitriles is 1. The van der Waals surface area contributed by atoms with Crippen LogP contribution in [0.5, 0.6) is 0 Å². The molecule has 198 valence electrons. The molecular formula is C40H23N3. The SMILES string of the molecule is [C-]#[N+]/C(C#N)=C\c1ccc(-c2ccc3c4c(cccc24)-c2cc4c(ccc5ccccc54)cc2N3c2ccccc2)cc1. The van der Waals surface area contributed by atoms with E-state index >= 15 is 0 Å². The van der Waals surface area contributed by atoms with Crippen LogP contribution in [0.4, 0.5) is 17.1 Å². The molecule has 3 heteroatoms. The number of anilines is 3. The second-order valence-electron chi connectivity index (χ2n) is 10.8. The van der Waals surface area contributed by atoms with Crippen molar-refractivity contribution >= 4 is 55.5 Å². The summed E-state index contributed by atoms with van der Waals surface area (Å²) in [6, 6.07) is 49.4. The molecule has 0 aromatic heterocycles. The van der Waals surface area contributed by atoms with Gasteiger partial charge in [-0.05, 0) is 85.6 Å². The van der Waals surface area contributed by atoms with Gasteiger partial charge in [-0.25, -0.2) is 10.1 Å². The minimum absolute atomic E-state index is 0.0781. The minimum atomic E-state index is 0.0781. The van der Waals surface area contributed by atoms with Crippen molar-refractivity contribution in [1.29, 1.82) is 5.26 Å². The highest BCUT2D eigenvalue weighted by Crippen LogP contribution is 2.53. The van der Waals surface area contributed by atoms with Crippen LogP contribution < -0.4 is 4.90 Å². The molecule has 0 N–H and O–H groups in total. The lowest BCUT2D eigenvalue weighted by atomic mass is 9.86. The fourth-order valence-corrected chi connectivity index (χ4v) is 6.49. The summed E-state index contributed by atoms with van der Waals surface area (Å²) in [7, 11) is 0. The van der Waals surface area contributed by atoms with E-state index in [1.54, 1.807) is 6.08 Å². The van der Waals surface area contributed by atoms with Crippen molar-refractivity contribution in [2.75, 3.05) is 4.90 Å². The molecule has 0 atom stereocenters. The summed E-state index contributed by atoms with van der Waals surface area (Å²) in [4.78, 5) is 5.68. The number of hydrogen-bond donors (Lipinski definition) is 0. The van der Waals surface area contributed by atoms with Gasteiger partial charge in [-0.2, -0.15) is 0 Å². The van der Waals surface area contributed by atoms with Crippen LogP contribution >= 0.6 is 0 Å². The normalized spacial score (nSPS) is 12.2. The van der Waals surface area contributed by atoms with E-state index in [0.717, 1.165) is 28.1 Å². The molecule has 1 heterocycles. The van der Waals surface area contributed by atoms with Gasteiger partial charge in [-0.15, -0.1) is 0 Å². The first-order chi connectivity index (χ1) is 21.2. The average Bonchev–Trinajstić information content (AvgIpc) is 3.07. The lowest BCUT2D eigenvalue weighted by Crippen LogP contribution is -2.15. The smallest absolute Gasteiger partial charge is 0.262 e. The van der Waals surface area contributed by atoms with E-state index in [2.05, 4.69) is 131 Å². The van der Waals surface area contributed by atoms with Gasteiger partial charge >= 0.3 is 0 Å². The van der Waals surface area contributed by atoms with Crippen LogP contribution in [-0.4, -0.2) is 0 Å². The third kappa shape index (κ3) is 3.88. The standard InChI is InChI=1S/C40H23N3/c1-42-30(25-41)22-26-14-16-28(17-15-26)33-20-21-38-40-34(33)12-7-13-35(40)37-24-36-29(19-18-27-8-5-6-11-32(27)36)23-39(37)43(38)31-9-3-2-4-10-31/h2-24H/b30-22-. The van der Waals surface area contributed by atoms with Gasteiger partial charge in [0.1, 0.15) is 0 Å². The Morgan fingerprint density at radius 2 is 1.40 bits per heavy atom. The summed E-state index contributed by atoms with van der Waals surface area (Å²) in [6.45, 7) is 7.19. The molecule has 1 aliphatic rings. The van der Waals surface area contributed by atoms with Gasteiger partial charge in [0, 0.05) is 16.6 Å². The van der Waals surface area contributed by atoms with Crippen LogP contribution in [0.15, 0.2) is 139 Å². The average molecular weight is 546 g/mol. The minimum Gasteiger partial charge on any atom is -0.309 e. The number of rotatable bonds is 3. The number of hydrogen-bond acceptors (Lipinski definition) is 2. The Hall–Kier alpha value is -6.16. The molecule has 1 aliphatic heterocycles. The van der Waals surface area contributed by atoms with Crippen molar-refractivity contribution in [3.63, 3.8) is 0 Å². The Kier molecular flexibility index (Phi) is 5.58. The highest BCUT2D eigenvalue weighted by atomic mass is 15.2. The molecule has 0 fully saturated rings. The highest BCUT2D eigenvalue weighted by Gasteiger charge is 2.27. The van der Waals surface area contributed by atoms with Gasteiger partial charge in [-0.3, -0.25) is 0 Å². The van der Waals surface area contributed by atoms with Crippen LogP contribution in [0.3, 0.4) is 0 Å². The van der Waals surface area contributed by atoms with Crippen molar-refractivity contribution < 1.29 is 0 Å². The first-order valence-corrected chi connectivity index (χ1v) is 14.2. The third-order valence-electron chi connectivity index (χ3n) is 8.43. The third-order valence-corrected chi connectivity index (χ3v) is 8.43. The molecular weight excluding hydrogens is 522 g/mol. The van der Waals surface area contributed by atoms with E-state index in [-0.39, 0.29) is 5.70 Å². The summed E-state index contributed by atoms with van der Waals surface area (Å²) in [6.07, 6.45) is 1.62. The molecule has 0 saturated heterocycles. The van der Waals surface area contributed by atoms with Crippen molar-refractivity contribution in [1.82, 2.24) is 0 Å². The summed E-state index contributed by atoms with van der Waals surface area (Å²) in [5.41, 5.74) is 9.03. The maximum atomic E-state index is 9.17. The fourth-order valence-electron chi connectivity index (χ4n) is 6.49. The van der Waals surface area contributed by atoms with E-state index in [1.165, 1.54) is 49.1 Å². The van der Waals surface area contributed by atoms with E-state index < -0.39 is 0 Å². The molecule has 0 unspecified atom stereocenters. The molecule has 0 radical (unpaired) electrons. The zero-order valence-electron chi connectivity index (χ0n) is 23.1. The largest absolute Gasteiger partial charge is 0.309 e. The van der Waals surface area contributed by atoms with Crippen molar-refractivity contribution in [2.45, 2.75) is 0 Å². The molecule has 0 bridgehead atoms. The van der Waals surface area contributed by atoms with Crippen LogP contribution in [0.1, 0.15) is 5.56 Å². The van der Waals surface area contributed by atoms with Gasteiger partial charge in [0.25, 0.3) is 5.70 Å². The number of benzene rings is 7. The van der Waals surface area contributed by atoms with Gasteiger partial charge in [0.05, 0.1) is 24.0 Å². The first kappa shape index (κ1) is 24.6. The predicted molar refractivity (Wildman–Crippen MR) is 178 cm³/mol. The van der Waals surface area contributed by atoms with Crippen molar-refractivity contribution in [3.8, 4) is 28.3 Å². The molecule has 3 nitrogen and oxygen atoms in total. The van der Waals surface area contributed by atoms with E-state index in [1.807, 2.05) is 18.2 Å². The highest BCUT2D eigenvalue weighted by molar-refractivity contribution is 6.20. The molecule has 0 spiro atoms. The summed E-state index contributed by atoms with van der Waals surface area (Å²) >= 11 is 0. The summed E-state index contributed by atoms with van der Waals surface area (Å²) in [5.74, 6) is 0. The van der Waals surface area contributed by atoms with Gasteiger partial charge in [0.15, 0.2) is 0 Å². The zero-order chi connectivity index (χ0) is 28.9. The van der Waals surface area contributed by atoms with Gasteiger partial charge in [0.2, 0.25) is 0 Å². The lowest BCUT2D eigenvalue weighted by molar-refractivity contribution is 1.29. The zero-order valence-corrected chi connectivity index (χ0v) is 23.1. The summed E-state index contributed by atoms with van der Waals surface area (Å²) < 4.78 is 0. The van der Waals surface area contributed by atoms with Gasteiger partial charge in [-0.1, -0.05) is 103 Å². The number of para-hydroxylation sites is 1. The number of nitrogens with zero attached hydrogens (tertiary/aromatic N) is 3. The second-order valence-corrected chi connectivity index (χ2v) is 10.8. The van der Waals surface area contributed by atoms with E-state index in [0.29, 0.717) is 0 Å².